The average molecular weight is 397 g/mol. The van der Waals surface area contributed by atoms with Crippen LogP contribution in [-0.4, -0.2) is 17.9 Å². The van der Waals surface area contributed by atoms with Crippen molar-refractivity contribution in [3.8, 4) is 17.3 Å². The largest absolute Gasteiger partial charge is 0.261 e. The maximum atomic E-state index is 8.86. The van der Waals surface area contributed by atoms with Gasteiger partial charge in [0.05, 0.1) is 23.5 Å². The first-order valence-corrected chi connectivity index (χ1v) is 8.83. The number of rotatable bonds is 3. The molecular weight excluding hydrogens is 384 g/mol. The number of benzene rings is 2. The average Bonchev–Trinajstić information content (AvgIpc) is 3.03. The van der Waals surface area contributed by atoms with Crippen LogP contribution in [0, 0.1) is 11.3 Å². The van der Waals surface area contributed by atoms with Gasteiger partial charge >= 0.3 is 0 Å². The van der Waals surface area contributed by atoms with E-state index in [4.69, 9.17) is 5.26 Å². The zero-order chi connectivity index (χ0) is 16.9. The molecular formula is C18H13BrN4S. The molecule has 3 rings (SSSR count). The maximum Gasteiger partial charge on any atom is 0.205 e. The van der Waals surface area contributed by atoms with Gasteiger partial charge in [-0.1, -0.05) is 46.3 Å². The fourth-order valence-electron chi connectivity index (χ4n) is 2.19. The van der Waals surface area contributed by atoms with E-state index in [1.54, 1.807) is 25.4 Å². The highest BCUT2D eigenvalue weighted by Crippen LogP contribution is 2.28. The third kappa shape index (κ3) is 3.37. The summed E-state index contributed by atoms with van der Waals surface area (Å²) in [6, 6.07) is 17.4. The van der Waals surface area contributed by atoms with Crippen molar-refractivity contribution in [1.82, 2.24) is 4.68 Å². The minimum Gasteiger partial charge on any atom is -0.261 e. The summed E-state index contributed by atoms with van der Waals surface area (Å²) in [6.45, 7) is 0. The van der Waals surface area contributed by atoms with Gasteiger partial charge < -0.3 is 0 Å². The van der Waals surface area contributed by atoms with Crippen LogP contribution in [0.15, 0.2) is 68.5 Å². The van der Waals surface area contributed by atoms with Crippen LogP contribution in [0.4, 0.5) is 0 Å². The highest BCUT2D eigenvalue weighted by molar-refractivity contribution is 9.10. The summed E-state index contributed by atoms with van der Waals surface area (Å²) in [6.07, 6.45) is 1.77. The van der Waals surface area contributed by atoms with Crippen LogP contribution < -0.4 is 4.80 Å². The summed E-state index contributed by atoms with van der Waals surface area (Å²) in [7, 11) is 1.75. The molecule has 0 atom stereocenters. The molecule has 0 saturated carbocycles. The number of nitriles is 1. The van der Waals surface area contributed by atoms with Crippen LogP contribution in [0.5, 0.6) is 0 Å². The lowest BCUT2D eigenvalue weighted by atomic mass is 10.2. The molecule has 3 aromatic rings. The molecule has 1 heterocycles. The first-order valence-electron chi connectivity index (χ1n) is 7.15. The fraction of sp³-hybridized carbons (Fsp3) is 0.0556. The molecule has 118 valence electrons. The number of halogens is 1. The second-order valence-electron chi connectivity index (χ2n) is 4.90. The standard InChI is InChI=1S/C18H13BrN4S/c1-21-18-23(22-11-14-8-6-13(10-20)7-9-14)17(12-24-18)15-4-2-3-5-16(15)19/h2-9,11-12H,1H3/b21-18?,22-11-. The Morgan fingerprint density at radius 1 is 1.17 bits per heavy atom. The quantitative estimate of drug-likeness (QED) is 0.610. The number of thiazole rings is 1. The van der Waals surface area contributed by atoms with Crippen molar-refractivity contribution < 1.29 is 0 Å². The smallest absolute Gasteiger partial charge is 0.205 e. The fourth-order valence-corrected chi connectivity index (χ4v) is 3.47. The highest BCUT2D eigenvalue weighted by atomic mass is 79.9. The minimum atomic E-state index is 0.633. The van der Waals surface area contributed by atoms with Gasteiger partial charge in [-0.3, -0.25) is 4.99 Å². The Kier molecular flexibility index (Phi) is 5.04. The van der Waals surface area contributed by atoms with Crippen LogP contribution in [0.2, 0.25) is 0 Å². The minimum absolute atomic E-state index is 0.633. The molecule has 1 aromatic heterocycles. The Bertz CT molecular complexity index is 991. The maximum absolute atomic E-state index is 8.86. The van der Waals surface area contributed by atoms with E-state index >= 15 is 0 Å². The Hall–Kier alpha value is -2.49. The van der Waals surface area contributed by atoms with E-state index in [2.05, 4.69) is 32.1 Å². The third-order valence-electron chi connectivity index (χ3n) is 3.39. The summed E-state index contributed by atoms with van der Waals surface area (Å²) in [5.41, 5.74) is 3.58. The second kappa shape index (κ2) is 7.39. The molecule has 2 aromatic carbocycles. The van der Waals surface area contributed by atoms with Crippen LogP contribution in [-0.2, 0) is 0 Å². The van der Waals surface area contributed by atoms with Gasteiger partial charge in [0.25, 0.3) is 0 Å². The van der Waals surface area contributed by atoms with Crippen molar-refractivity contribution >= 4 is 33.5 Å². The van der Waals surface area contributed by atoms with E-state index in [1.165, 1.54) is 11.3 Å². The number of nitrogens with zero attached hydrogens (tertiary/aromatic N) is 4. The first kappa shape index (κ1) is 16.4. The van der Waals surface area contributed by atoms with E-state index in [1.807, 2.05) is 46.5 Å². The van der Waals surface area contributed by atoms with Crippen LogP contribution in [0.1, 0.15) is 11.1 Å². The molecule has 0 saturated heterocycles. The van der Waals surface area contributed by atoms with E-state index in [0.29, 0.717) is 5.56 Å². The highest BCUT2D eigenvalue weighted by Gasteiger charge is 2.09. The normalized spacial score (nSPS) is 11.8. The summed E-state index contributed by atoms with van der Waals surface area (Å²) in [5.74, 6) is 0. The molecule has 0 amide bonds. The third-order valence-corrected chi connectivity index (χ3v) is 4.99. The molecule has 0 unspecified atom stereocenters. The lowest BCUT2D eigenvalue weighted by Crippen LogP contribution is -2.11. The van der Waals surface area contributed by atoms with Gasteiger partial charge in [0.1, 0.15) is 0 Å². The summed E-state index contributed by atoms with van der Waals surface area (Å²) >= 11 is 5.13. The second-order valence-corrected chi connectivity index (χ2v) is 6.59. The van der Waals surface area contributed by atoms with Crippen molar-refractivity contribution in [2.75, 3.05) is 7.05 Å². The summed E-state index contributed by atoms with van der Waals surface area (Å²) in [5, 5.41) is 15.5. The van der Waals surface area contributed by atoms with Gasteiger partial charge in [0, 0.05) is 22.5 Å². The van der Waals surface area contributed by atoms with Crippen molar-refractivity contribution in [3.63, 3.8) is 0 Å². The lowest BCUT2D eigenvalue weighted by Gasteiger charge is -2.05. The predicted molar refractivity (Wildman–Crippen MR) is 101 cm³/mol. The van der Waals surface area contributed by atoms with E-state index in [0.717, 1.165) is 26.1 Å². The Morgan fingerprint density at radius 2 is 1.92 bits per heavy atom. The molecule has 0 radical (unpaired) electrons. The molecule has 0 aliphatic heterocycles. The molecule has 0 aliphatic rings. The SMILES string of the molecule is CN=c1scc(-c2ccccc2Br)n1/N=C\c1ccc(C#N)cc1. The van der Waals surface area contributed by atoms with Crippen molar-refractivity contribution in [1.29, 1.82) is 5.26 Å². The number of hydrogen-bond acceptors (Lipinski definition) is 4. The van der Waals surface area contributed by atoms with E-state index in [-0.39, 0.29) is 0 Å². The Labute approximate surface area is 152 Å². The molecule has 0 spiro atoms. The number of hydrogen-bond donors (Lipinski definition) is 0. The van der Waals surface area contributed by atoms with Crippen molar-refractivity contribution in [2.45, 2.75) is 0 Å². The van der Waals surface area contributed by atoms with Gasteiger partial charge in [-0.05, 0) is 23.8 Å². The molecule has 0 aliphatic carbocycles. The van der Waals surface area contributed by atoms with Gasteiger partial charge in [-0.2, -0.15) is 10.4 Å². The van der Waals surface area contributed by atoms with Crippen molar-refractivity contribution in [3.05, 3.63) is 74.3 Å². The monoisotopic (exact) mass is 396 g/mol. The van der Waals surface area contributed by atoms with Gasteiger partial charge in [0.2, 0.25) is 4.80 Å². The zero-order valence-corrected chi connectivity index (χ0v) is 15.3. The van der Waals surface area contributed by atoms with Gasteiger partial charge in [-0.15, -0.1) is 11.3 Å². The lowest BCUT2D eigenvalue weighted by molar-refractivity contribution is 0.848. The molecule has 24 heavy (non-hydrogen) atoms. The number of aromatic nitrogens is 1. The zero-order valence-electron chi connectivity index (χ0n) is 12.8. The topological polar surface area (TPSA) is 53.4 Å². The molecule has 4 nitrogen and oxygen atoms in total. The van der Waals surface area contributed by atoms with E-state index < -0.39 is 0 Å². The molecule has 6 heteroatoms. The summed E-state index contributed by atoms with van der Waals surface area (Å²) in [4.78, 5) is 5.11. The molecule has 0 bridgehead atoms. The van der Waals surface area contributed by atoms with Crippen LogP contribution in [0.3, 0.4) is 0 Å². The Balaban J connectivity index is 2.04. The van der Waals surface area contributed by atoms with Crippen LogP contribution >= 0.6 is 27.3 Å². The first-order chi connectivity index (χ1) is 11.7. The summed E-state index contributed by atoms with van der Waals surface area (Å²) < 4.78 is 2.83. The predicted octanol–water partition coefficient (Wildman–Crippen LogP) is 4.26. The Morgan fingerprint density at radius 3 is 2.58 bits per heavy atom. The van der Waals surface area contributed by atoms with Gasteiger partial charge in [-0.25, -0.2) is 4.68 Å². The van der Waals surface area contributed by atoms with Crippen LogP contribution in [0.25, 0.3) is 11.3 Å². The molecule has 0 fully saturated rings. The molecule has 0 N–H and O–H groups in total. The van der Waals surface area contributed by atoms with Gasteiger partial charge in [0.15, 0.2) is 0 Å². The van der Waals surface area contributed by atoms with E-state index in [9.17, 15) is 0 Å². The van der Waals surface area contributed by atoms with Crippen molar-refractivity contribution in [2.24, 2.45) is 10.1 Å².